The molecule has 0 amide bonds. The summed E-state index contributed by atoms with van der Waals surface area (Å²) in [7, 11) is 1.64. The Hall–Kier alpha value is -0.910. The molecule has 0 saturated heterocycles. The number of hydrogen-bond donors (Lipinski definition) is 1. The van der Waals surface area contributed by atoms with Crippen LogP contribution in [0.5, 0.6) is 0 Å². The number of carbonyl (C=O) groups excluding carboxylic acids is 1. The number of carbonyl (C=O) groups is 1. The zero-order chi connectivity index (χ0) is 13.5. The number of nitrogens with zero attached hydrogens (tertiary/aromatic N) is 1. The van der Waals surface area contributed by atoms with Crippen LogP contribution in [0.2, 0.25) is 0 Å². The van der Waals surface area contributed by atoms with Crippen molar-refractivity contribution in [3.05, 3.63) is 28.2 Å². The number of anilines is 1. The second-order valence-electron chi connectivity index (χ2n) is 3.93. The second kappa shape index (κ2) is 7.51. The molecule has 0 heterocycles. The summed E-state index contributed by atoms with van der Waals surface area (Å²) in [6, 6.07) is 5.47. The van der Waals surface area contributed by atoms with Gasteiger partial charge in [-0.25, -0.2) is 0 Å². The predicted octanol–water partition coefficient (Wildman–Crippen LogP) is 2.10. The molecular formula is C13H18BrNO3. The van der Waals surface area contributed by atoms with Crippen LogP contribution in [0.15, 0.2) is 22.7 Å². The number of aliphatic hydroxyl groups is 1. The van der Waals surface area contributed by atoms with Crippen LogP contribution in [0.4, 0.5) is 5.69 Å². The van der Waals surface area contributed by atoms with Gasteiger partial charge in [0.05, 0.1) is 18.9 Å². The first-order valence-electron chi connectivity index (χ1n) is 5.75. The van der Waals surface area contributed by atoms with E-state index in [4.69, 9.17) is 9.84 Å². The molecule has 1 rings (SSSR count). The van der Waals surface area contributed by atoms with E-state index in [1.807, 2.05) is 11.0 Å². The average molecular weight is 316 g/mol. The number of halogens is 1. The number of benzene rings is 1. The van der Waals surface area contributed by atoms with Crippen LogP contribution in [0.1, 0.15) is 17.3 Å². The minimum absolute atomic E-state index is 0.0350. The van der Waals surface area contributed by atoms with E-state index in [-0.39, 0.29) is 12.4 Å². The van der Waals surface area contributed by atoms with Gasteiger partial charge in [-0.2, -0.15) is 0 Å². The molecule has 0 spiro atoms. The Labute approximate surface area is 116 Å². The summed E-state index contributed by atoms with van der Waals surface area (Å²) in [5.41, 5.74) is 1.62. The van der Waals surface area contributed by atoms with Gasteiger partial charge in [-0.3, -0.25) is 4.79 Å². The van der Waals surface area contributed by atoms with Gasteiger partial charge in [0, 0.05) is 30.2 Å². The van der Waals surface area contributed by atoms with Crippen molar-refractivity contribution < 1.29 is 14.6 Å². The highest BCUT2D eigenvalue weighted by Crippen LogP contribution is 2.27. The third-order valence-corrected chi connectivity index (χ3v) is 3.27. The largest absolute Gasteiger partial charge is 0.395 e. The van der Waals surface area contributed by atoms with E-state index in [1.54, 1.807) is 19.2 Å². The van der Waals surface area contributed by atoms with E-state index < -0.39 is 0 Å². The first-order valence-corrected chi connectivity index (χ1v) is 6.54. The van der Waals surface area contributed by atoms with E-state index in [0.717, 1.165) is 10.2 Å². The summed E-state index contributed by atoms with van der Waals surface area (Å²) >= 11 is 3.46. The topological polar surface area (TPSA) is 49.8 Å². The Balaban J connectivity index is 2.93. The molecule has 1 N–H and O–H groups in total. The highest BCUT2D eigenvalue weighted by Gasteiger charge is 2.11. The van der Waals surface area contributed by atoms with Gasteiger partial charge in [0.25, 0.3) is 0 Å². The van der Waals surface area contributed by atoms with Crippen LogP contribution in [-0.2, 0) is 4.74 Å². The normalized spacial score (nSPS) is 10.4. The van der Waals surface area contributed by atoms with Crippen molar-refractivity contribution in [2.75, 3.05) is 38.3 Å². The summed E-state index contributed by atoms with van der Waals surface area (Å²) in [5, 5.41) is 9.08. The zero-order valence-corrected chi connectivity index (χ0v) is 12.2. The highest BCUT2D eigenvalue weighted by molar-refractivity contribution is 9.10. The molecule has 0 aliphatic carbocycles. The molecule has 0 aliphatic heterocycles. The fourth-order valence-electron chi connectivity index (χ4n) is 1.66. The van der Waals surface area contributed by atoms with Crippen LogP contribution < -0.4 is 4.90 Å². The minimum atomic E-state index is 0.0350. The summed E-state index contributed by atoms with van der Waals surface area (Å²) in [4.78, 5) is 13.3. The molecule has 0 unspecified atom stereocenters. The lowest BCUT2D eigenvalue weighted by molar-refractivity contribution is 0.101. The fourth-order valence-corrected chi connectivity index (χ4v) is 2.29. The molecule has 0 radical (unpaired) electrons. The maximum absolute atomic E-state index is 11.3. The van der Waals surface area contributed by atoms with E-state index in [2.05, 4.69) is 15.9 Å². The van der Waals surface area contributed by atoms with Crippen LogP contribution in [0, 0.1) is 0 Å². The predicted molar refractivity (Wildman–Crippen MR) is 75.3 cm³/mol. The Morgan fingerprint density at radius 2 is 2.17 bits per heavy atom. The van der Waals surface area contributed by atoms with E-state index in [9.17, 15) is 4.79 Å². The third-order valence-electron chi connectivity index (χ3n) is 2.63. The Morgan fingerprint density at radius 3 is 2.67 bits per heavy atom. The molecule has 0 bridgehead atoms. The van der Waals surface area contributed by atoms with Gasteiger partial charge >= 0.3 is 0 Å². The van der Waals surface area contributed by atoms with Gasteiger partial charge < -0.3 is 14.7 Å². The van der Waals surface area contributed by atoms with Crippen molar-refractivity contribution in [3.63, 3.8) is 0 Å². The number of methoxy groups -OCH3 is 1. The molecule has 0 aromatic heterocycles. The molecule has 0 saturated carbocycles. The summed E-state index contributed by atoms with van der Waals surface area (Å²) in [5.74, 6) is 0.0350. The molecule has 100 valence electrons. The van der Waals surface area contributed by atoms with Gasteiger partial charge in [0.2, 0.25) is 0 Å². The SMILES string of the molecule is COCCN(CCO)c1ccc(C(C)=O)cc1Br. The van der Waals surface area contributed by atoms with Gasteiger partial charge in [-0.1, -0.05) is 0 Å². The first kappa shape index (κ1) is 15.1. The summed E-state index contributed by atoms with van der Waals surface area (Å²) in [6.45, 7) is 3.42. The molecule has 0 fully saturated rings. The maximum Gasteiger partial charge on any atom is 0.159 e. The molecule has 1 aromatic rings. The summed E-state index contributed by atoms with van der Waals surface area (Å²) < 4.78 is 5.90. The minimum Gasteiger partial charge on any atom is -0.395 e. The second-order valence-corrected chi connectivity index (χ2v) is 4.78. The first-order chi connectivity index (χ1) is 8.60. The number of aliphatic hydroxyl groups excluding tert-OH is 1. The molecule has 0 atom stereocenters. The monoisotopic (exact) mass is 315 g/mol. The Morgan fingerprint density at radius 1 is 1.44 bits per heavy atom. The fraction of sp³-hybridized carbons (Fsp3) is 0.462. The molecule has 5 heteroatoms. The smallest absolute Gasteiger partial charge is 0.159 e. The number of hydrogen-bond acceptors (Lipinski definition) is 4. The number of rotatable bonds is 7. The van der Waals surface area contributed by atoms with Gasteiger partial charge in [0.15, 0.2) is 5.78 Å². The van der Waals surface area contributed by atoms with Crippen molar-refractivity contribution in [2.45, 2.75) is 6.92 Å². The van der Waals surface area contributed by atoms with Crippen molar-refractivity contribution in [3.8, 4) is 0 Å². The summed E-state index contributed by atoms with van der Waals surface area (Å²) in [6.07, 6.45) is 0. The lowest BCUT2D eigenvalue weighted by Gasteiger charge is -2.25. The molecule has 18 heavy (non-hydrogen) atoms. The number of ketones is 1. The van der Waals surface area contributed by atoms with Gasteiger partial charge in [-0.15, -0.1) is 0 Å². The average Bonchev–Trinajstić information content (AvgIpc) is 2.34. The van der Waals surface area contributed by atoms with Crippen molar-refractivity contribution in [1.82, 2.24) is 0 Å². The van der Waals surface area contributed by atoms with Crippen molar-refractivity contribution >= 4 is 27.4 Å². The van der Waals surface area contributed by atoms with E-state index in [0.29, 0.717) is 25.3 Å². The quantitative estimate of drug-likeness (QED) is 0.783. The molecule has 4 nitrogen and oxygen atoms in total. The Kier molecular flexibility index (Phi) is 6.32. The van der Waals surface area contributed by atoms with Crippen LogP contribution in [0.3, 0.4) is 0 Å². The van der Waals surface area contributed by atoms with Gasteiger partial charge in [-0.05, 0) is 41.1 Å². The van der Waals surface area contributed by atoms with Crippen LogP contribution in [-0.4, -0.2) is 44.3 Å². The van der Waals surface area contributed by atoms with Crippen molar-refractivity contribution in [1.29, 1.82) is 0 Å². The van der Waals surface area contributed by atoms with Crippen LogP contribution >= 0.6 is 15.9 Å². The van der Waals surface area contributed by atoms with Crippen molar-refractivity contribution in [2.24, 2.45) is 0 Å². The lowest BCUT2D eigenvalue weighted by Crippen LogP contribution is -2.30. The number of Topliss-reactive ketones (excluding diaryl/α,β-unsaturated/α-hetero) is 1. The number of ether oxygens (including phenoxy) is 1. The van der Waals surface area contributed by atoms with E-state index in [1.165, 1.54) is 6.92 Å². The standard InChI is InChI=1S/C13H18BrNO3/c1-10(17)11-3-4-13(12(14)9-11)15(5-7-16)6-8-18-2/h3-4,9,16H,5-8H2,1-2H3. The highest BCUT2D eigenvalue weighted by atomic mass is 79.9. The zero-order valence-electron chi connectivity index (χ0n) is 10.6. The van der Waals surface area contributed by atoms with Crippen LogP contribution in [0.25, 0.3) is 0 Å². The van der Waals surface area contributed by atoms with Gasteiger partial charge in [0.1, 0.15) is 0 Å². The molecule has 1 aromatic carbocycles. The molecule has 0 aliphatic rings. The molecular weight excluding hydrogens is 298 g/mol. The Bertz CT molecular complexity index is 409. The van der Waals surface area contributed by atoms with E-state index >= 15 is 0 Å². The maximum atomic E-state index is 11.3. The third kappa shape index (κ3) is 4.08. The lowest BCUT2D eigenvalue weighted by atomic mass is 10.1.